The lowest BCUT2D eigenvalue weighted by atomic mass is 10.1. The Bertz CT molecular complexity index is 1530. The minimum atomic E-state index is -4.72. The molecule has 0 aliphatic heterocycles. The maximum Gasteiger partial charge on any atom is 0.421 e. The average Bonchev–Trinajstić information content (AvgIpc) is 3.00. The SMILES string of the molecule is CCC(=O)CCCCCCCCCNC(=O)c1ccc(Nc2ncc(C(F)(F)F)c(NCc3cccc(S(C)(=O)=O)c3)n2)cc1. The molecule has 3 aromatic rings. The molecule has 0 saturated heterocycles. The number of ketones is 1. The van der Waals surface area contributed by atoms with E-state index in [0.717, 1.165) is 51.2 Å². The van der Waals surface area contributed by atoms with Gasteiger partial charge < -0.3 is 16.0 Å². The van der Waals surface area contributed by atoms with Crippen molar-refractivity contribution in [1.29, 1.82) is 0 Å². The van der Waals surface area contributed by atoms with Gasteiger partial charge in [0.05, 0.1) is 4.90 Å². The standard InChI is InChI=1S/C32H40F3N5O4S/c1-3-26(41)13-9-7-5-4-6-8-10-19-36-30(42)24-15-17-25(18-16-24)39-31-38-22-28(32(33,34)35)29(40-31)37-21-23-12-11-14-27(20-23)45(2,43)44/h11-12,14-18,20,22H,3-10,13,19,21H2,1-2H3,(H,36,42)(H2,37,38,39,40). The van der Waals surface area contributed by atoms with Crippen molar-refractivity contribution in [1.82, 2.24) is 15.3 Å². The van der Waals surface area contributed by atoms with Crippen molar-refractivity contribution in [3.8, 4) is 0 Å². The highest BCUT2D eigenvalue weighted by Gasteiger charge is 2.35. The molecule has 2 aromatic carbocycles. The minimum absolute atomic E-state index is 0.0556. The molecule has 244 valence electrons. The Kier molecular flexibility index (Phi) is 13.3. The van der Waals surface area contributed by atoms with Gasteiger partial charge in [0.25, 0.3) is 5.91 Å². The number of amides is 1. The number of aromatic nitrogens is 2. The number of halogens is 3. The molecule has 0 bridgehead atoms. The van der Waals surface area contributed by atoms with Gasteiger partial charge in [0.2, 0.25) is 5.95 Å². The number of sulfone groups is 1. The number of nitrogens with one attached hydrogen (secondary N) is 3. The number of anilines is 3. The van der Waals surface area contributed by atoms with E-state index in [1.807, 2.05) is 6.92 Å². The monoisotopic (exact) mass is 647 g/mol. The molecular weight excluding hydrogens is 607 g/mol. The molecule has 1 aromatic heterocycles. The van der Waals surface area contributed by atoms with E-state index < -0.39 is 27.4 Å². The van der Waals surface area contributed by atoms with E-state index in [4.69, 9.17) is 0 Å². The molecule has 0 spiro atoms. The predicted molar refractivity (Wildman–Crippen MR) is 168 cm³/mol. The van der Waals surface area contributed by atoms with Gasteiger partial charge in [-0.25, -0.2) is 13.4 Å². The van der Waals surface area contributed by atoms with Crippen molar-refractivity contribution in [2.45, 2.75) is 82.3 Å². The maximum atomic E-state index is 13.6. The summed E-state index contributed by atoms with van der Waals surface area (Å²) < 4.78 is 64.6. The summed E-state index contributed by atoms with van der Waals surface area (Å²) in [6, 6.07) is 12.3. The zero-order chi connectivity index (χ0) is 32.9. The van der Waals surface area contributed by atoms with Crippen LogP contribution in [0.1, 0.15) is 86.2 Å². The van der Waals surface area contributed by atoms with Gasteiger partial charge in [-0.1, -0.05) is 51.2 Å². The first-order valence-corrected chi connectivity index (χ1v) is 16.9. The zero-order valence-corrected chi connectivity index (χ0v) is 26.4. The number of alkyl halides is 3. The third kappa shape index (κ3) is 12.1. The van der Waals surface area contributed by atoms with E-state index in [0.29, 0.717) is 48.2 Å². The third-order valence-electron chi connectivity index (χ3n) is 7.10. The Balaban J connectivity index is 1.50. The molecule has 1 amide bonds. The molecule has 1 heterocycles. The topological polar surface area (TPSA) is 130 Å². The van der Waals surface area contributed by atoms with Crippen LogP contribution in [0, 0.1) is 0 Å². The first-order chi connectivity index (χ1) is 21.4. The highest BCUT2D eigenvalue weighted by Crippen LogP contribution is 2.34. The Morgan fingerprint density at radius 3 is 2.22 bits per heavy atom. The molecule has 0 aliphatic rings. The molecule has 9 nitrogen and oxygen atoms in total. The second-order valence-electron chi connectivity index (χ2n) is 10.8. The van der Waals surface area contributed by atoms with Gasteiger partial charge >= 0.3 is 6.18 Å². The summed E-state index contributed by atoms with van der Waals surface area (Å²) in [7, 11) is -3.48. The van der Waals surface area contributed by atoms with Crippen molar-refractivity contribution in [3.63, 3.8) is 0 Å². The van der Waals surface area contributed by atoms with Crippen LogP contribution in [0.5, 0.6) is 0 Å². The lowest BCUT2D eigenvalue weighted by Crippen LogP contribution is -2.24. The van der Waals surface area contributed by atoms with Crippen LogP contribution in [0.2, 0.25) is 0 Å². The van der Waals surface area contributed by atoms with E-state index in [-0.39, 0.29) is 23.3 Å². The van der Waals surface area contributed by atoms with Gasteiger partial charge in [0.15, 0.2) is 9.84 Å². The third-order valence-corrected chi connectivity index (χ3v) is 8.21. The van der Waals surface area contributed by atoms with Gasteiger partial charge in [-0.05, 0) is 54.8 Å². The molecule has 0 saturated carbocycles. The van der Waals surface area contributed by atoms with Gasteiger partial charge in [-0.2, -0.15) is 18.2 Å². The Labute approximate surface area is 262 Å². The van der Waals surface area contributed by atoms with E-state index in [9.17, 15) is 31.2 Å². The molecule has 0 fully saturated rings. The Morgan fingerprint density at radius 1 is 0.911 bits per heavy atom. The lowest BCUT2D eigenvalue weighted by Gasteiger charge is -2.15. The second-order valence-corrected chi connectivity index (χ2v) is 12.8. The first kappa shape index (κ1) is 35.5. The molecule has 0 unspecified atom stereocenters. The lowest BCUT2D eigenvalue weighted by molar-refractivity contribution is -0.137. The predicted octanol–water partition coefficient (Wildman–Crippen LogP) is 7.08. The van der Waals surface area contributed by atoms with Crippen LogP contribution >= 0.6 is 0 Å². The normalized spacial score (nSPS) is 11.7. The average molecular weight is 648 g/mol. The number of carbonyl (C=O) groups excluding carboxylic acids is 2. The van der Waals surface area contributed by atoms with Crippen LogP contribution in [-0.4, -0.2) is 42.9 Å². The smallest absolute Gasteiger partial charge is 0.365 e. The van der Waals surface area contributed by atoms with Crippen LogP contribution in [-0.2, 0) is 27.4 Å². The molecule has 45 heavy (non-hydrogen) atoms. The van der Waals surface area contributed by atoms with E-state index >= 15 is 0 Å². The molecular formula is C32H40F3N5O4S. The van der Waals surface area contributed by atoms with Gasteiger partial charge in [0, 0.05) is 49.6 Å². The molecule has 3 rings (SSSR count). The fraction of sp³-hybridized carbons (Fsp3) is 0.438. The van der Waals surface area contributed by atoms with Crippen molar-refractivity contribution in [2.75, 3.05) is 23.4 Å². The largest absolute Gasteiger partial charge is 0.421 e. The number of unbranched alkanes of at least 4 members (excludes halogenated alkanes) is 6. The Hall–Kier alpha value is -4.00. The number of rotatable bonds is 18. The fourth-order valence-corrected chi connectivity index (χ4v) is 5.19. The number of hydrogen-bond donors (Lipinski definition) is 3. The fourth-order valence-electron chi connectivity index (χ4n) is 4.50. The van der Waals surface area contributed by atoms with E-state index in [1.165, 1.54) is 18.2 Å². The Morgan fingerprint density at radius 2 is 1.58 bits per heavy atom. The summed E-state index contributed by atoms with van der Waals surface area (Å²) in [4.78, 5) is 31.7. The number of nitrogens with zero attached hydrogens (tertiary/aromatic N) is 2. The van der Waals surface area contributed by atoms with Crippen LogP contribution < -0.4 is 16.0 Å². The van der Waals surface area contributed by atoms with Crippen LogP contribution in [0.3, 0.4) is 0 Å². The first-order valence-electron chi connectivity index (χ1n) is 15.0. The quantitative estimate of drug-likeness (QED) is 0.125. The van der Waals surface area contributed by atoms with E-state index in [2.05, 4.69) is 25.9 Å². The molecule has 0 atom stereocenters. The van der Waals surface area contributed by atoms with Gasteiger partial charge in [0.1, 0.15) is 17.2 Å². The summed E-state index contributed by atoms with van der Waals surface area (Å²) in [6.45, 7) is 2.34. The molecule has 13 heteroatoms. The summed E-state index contributed by atoms with van der Waals surface area (Å²) in [5.41, 5.74) is 0.298. The van der Waals surface area contributed by atoms with E-state index in [1.54, 1.807) is 30.3 Å². The summed E-state index contributed by atoms with van der Waals surface area (Å²) in [5.74, 6) is -0.466. The van der Waals surface area contributed by atoms with Crippen molar-refractivity contribution in [2.24, 2.45) is 0 Å². The minimum Gasteiger partial charge on any atom is -0.365 e. The zero-order valence-electron chi connectivity index (χ0n) is 25.5. The highest BCUT2D eigenvalue weighted by molar-refractivity contribution is 7.90. The summed E-state index contributed by atoms with van der Waals surface area (Å²) in [5, 5.41) is 8.39. The van der Waals surface area contributed by atoms with Crippen molar-refractivity contribution < 1.29 is 31.2 Å². The van der Waals surface area contributed by atoms with Crippen molar-refractivity contribution >= 4 is 39.0 Å². The van der Waals surface area contributed by atoms with Gasteiger partial charge in [-0.15, -0.1) is 0 Å². The highest BCUT2D eigenvalue weighted by atomic mass is 32.2. The van der Waals surface area contributed by atoms with Crippen LogP contribution in [0.25, 0.3) is 0 Å². The number of carbonyl (C=O) groups is 2. The number of hydrogen-bond acceptors (Lipinski definition) is 8. The number of benzene rings is 2. The summed E-state index contributed by atoms with van der Waals surface area (Å²) >= 11 is 0. The maximum absolute atomic E-state index is 13.6. The van der Waals surface area contributed by atoms with Crippen molar-refractivity contribution in [3.05, 3.63) is 71.4 Å². The molecule has 0 aliphatic carbocycles. The molecule has 0 radical (unpaired) electrons. The summed E-state index contributed by atoms with van der Waals surface area (Å²) in [6.07, 6.45) is 5.49. The van der Waals surface area contributed by atoms with Crippen LogP contribution in [0.4, 0.5) is 30.6 Å². The second kappa shape index (κ2) is 16.9. The van der Waals surface area contributed by atoms with Crippen LogP contribution in [0.15, 0.2) is 59.6 Å². The van der Waals surface area contributed by atoms with Gasteiger partial charge in [-0.3, -0.25) is 9.59 Å². The molecule has 3 N–H and O–H groups in total. The number of Topliss-reactive ketones (excluding diaryl/α,β-unsaturated/α-hetero) is 1.